The van der Waals surface area contributed by atoms with Gasteiger partial charge in [-0.15, -0.1) is 0 Å². The Hall–Kier alpha value is -2.09. The second kappa shape index (κ2) is 9.41. The molecular weight excluding hydrogens is 340 g/mol. The molecule has 0 N–H and O–H groups in total. The van der Waals surface area contributed by atoms with Crippen molar-refractivity contribution in [2.24, 2.45) is 4.99 Å². The van der Waals surface area contributed by atoms with E-state index in [0.29, 0.717) is 0 Å². The first-order valence-corrected chi connectivity index (χ1v) is 11.3. The number of fused-ring (bicyclic) bond motifs is 3. The molecule has 4 rings (SSSR count). The highest BCUT2D eigenvalue weighted by atomic mass is 15.2. The van der Waals surface area contributed by atoms with Crippen LogP contribution in [-0.4, -0.2) is 24.3 Å². The number of nitrogens with zero attached hydrogens (tertiary/aromatic N) is 2. The molecule has 0 amide bonds. The zero-order valence-corrected chi connectivity index (χ0v) is 17.4. The van der Waals surface area contributed by atoms with Gasteiger partial charge in [0.2, 0.25) is 0 Å². The summed E-state index contributed by atoms with van der Waals surface area (Å²) in [6.07, 6.45) is 13.4. The van der Waals surface area contributed by atoms with E-state index >= 15 is 0 Å². The summed E-state index contributed by atoms with van der Waals surface area (Å²) in [5, 5.41) is 0. The number of benzene rings is 2. The Bertz CT molecular complexity index is 762. The van der Waals surface area contributed by atoms with Crippen LogP contribution in [0.3, 0.4) is 0 Å². The summed E-state index contributed by atoms with van der Waals surface area (Å²) in [6, 6.07) is 17.8. The molecule has 1 aliphatic carbocycles. The van der Waals surface area contributed by atoms with Crippen LogP contribution in [0.5, 0.6) is 0 Å². The molecule has 0 spiro atoms. The van der Waals surface area contributed by atoms with Crippen LogP contribution >= 0.6 is 0 Å². The maximum atomic E-state index is 5.39. The predicted octanol–water partition coefficient (Wildman–Crippen LogP) is 7.00. The minimum absolute atomic E-state index is 0.153. The third-order valence-corrected chi connectivity index (χ3v) is 6.41. The van der Waals surface area contributed by atoms with E-state index in [9.17, 15) is 0 Å². The lowest BCUT2D eigenvalue weighted by Gasteiger charge is -2.23. The topological polar surface area (TPSA) is 15.6 Å². The van der Waals surface area contributed by atoms with Gasteiger partial charge in [-0.05, 0) is 35.1 Å². The van der Waals surface area contributed by atoms with Crippen LogP contribution in [0, 0.1) is 0 Å². The van der Waals surface area contributed by atoms with E-state index in [1.807, 2.05) is 0 Å². The van der Waals surface area contributed by atoms with Crippen LogP contribution in [0.1, 0.15) is 81.4 Å². The molecule has 1 aliphatic heterocycles. The summed E-state index contributed by atoms with van der Waals surface area (Å²) in [5.74, 6) is 1.30. The van der Waals surface area contributed by atoms with Gasteiger partial charge in [0.15, 0.2) is 0 Å². The van der Waals surface area contributed by atoms with Crippen LogP contribution in [0.25, 0.3) is 11.1 Å². The Morgan fingerprint density at radius 3 is 1.79 bits per heavy atom. The van der Waals surface area contributed by atoms with Gasteiger partial charge in [0.05, 0.1) is 5.84 Å². The molecule has 28 heavy (non-hydrogen) atoms. The molecule has 148 valence electrons. The van der Waals surface area contributed by atoms with Gasteiger partial charge in [0.1, 0.15) is 6.04 Å². The Morgan fingerprint density at radius 2 is 1.18 bits per heavy atom. The van der Waals surface area contributed by atoms with Crippen molar-refractivity contribution in [1.29, 1.82) is 0 Å². The summed E-state index contributed by atoms with van der Waals surface area (Å²) in [6.45, 7) is 1.13. The predicted molar refractivity (Wildman–Crippen MR) is 120 cm³/mol. The van der Waals surface area contributed by atoms with E-state index in [1.165, 1.54) is 85.9 Å². The smallest absolute Gasteiger partial charge is 0.103 e. The standard InChI is InChI=1S/C26H34N2/c1-28-20-14-8-6-4-2-3-5-7-9-19-25(28)27-26-23-17-12-10-15-21(23)22-16-11-13-18-24(22)26/h10-13,15-18,26H,2-9,14,19-20H2,1H3/b27-25+. The second-order valence-corrected chi connectivity index (χ2v) is 8.48. The third-order valence-electron chi connectivity index (χ3n) is 6.41. The van der Waals surface area contributed by atoms with Crippen molar-refractivity contribution >= 4 is 5.84 Å². The lowest BCUT2D eigenvalue weighted by molar-refractivity contribution is 0.455. The SMILES string of the molecule is CN1CCCCCCCCCCC/C1=N\C1c2ccccc2-c2ccccc21. The van der Waals surface area contributed by atoms with Gasteiger partial charge in [-0.2, -0.15) is 0 Å². The lowest BCUT2D eigenvalue weighted by Crippen LogP contribution is -2.28. The van der Waals surface area contributed by atoms with Gasteiger partial charge in [-0.1, -0.05) is 93.5 Å². The van der Waals surface area contributed by atoms with Crippen molar-refractivity contribution in [1.82, 2.24) is 4.90 Å². The van der Waals surface area contributed by atoms with E-state index < -0.39 is 0 Å². The molecule has 2 nitrogen and oxygen atoms in total. The molecule has 1 heterocycles. The molecular formula is C26H34N2. The highest BCUT2D eigenvalue weighted by Gasteiger charge is 2.28. The van der Waals surface area contributed by atoms with Gasteiger partial charge in [-0.25, -0.2) is 0 Å². The van der Waals surface area contributed by atoms with Crippen LogP contribution < -0.4 is 0 Å². The van der Waals surface area contributed by atoms with Crippen LogP contribution in [0.15, 0.2) is 53.5 Å². The van der Waals surface area contributed by atoms with E-state index in [0.717, 1.165) is 13.0 Å². The van der Waals surface area contributed by atoms with Crippen LogP contribution in [0.4, 0.5) is 0 Å². The first kappa shape index (κ1) is 19.2. The molecule has 2 aromatic rings. The molecule has 2 aromatic carbocycles. The van der Waals surface area contributed by atoms with Gasteiger partial charge >= 0.3 is 0 Å². The fourth-order valence-electron chi connectivity index (χ4n) is 4.77. The van der Waals surface area contributed by atoms with Crippen molar-refractivity contribution in [3.05, 3.63) is 59.7 Å². The van der Waals surface area contributed by atoms with Gasteiger partial charge in [0.25, 0.3) is 0 Å². The maximum Gasteiger partial charge on any atom is 0.103 e. The summed E-state index contributed by atoms with van der Waals surface area (Å²) < 4.78 is 0. The Balaban J connectivity index is 1.62. The number of aliphatic imine (C=N–C) groups is 1. The first-order chi connectivity index (χ1) is 13.8. The molecule has 0 aromatic heterocycles. The molecule has 0 radical (unpaired) electrons. The summed E-state index contributed by atoms with van der Waals surface area (Å²) in [4.78, 5) is 7.84. The van der Waals surface area contributed by atoms with E-state index in [4.69, 9.17) is 4.99 Å². The molecule has 2 aliphatic rings. The first-order valence-electron chi connectivity index (χ1n) is 11.3. The number of rotatable bonds is 1. The van der Waals surface area contributed by atoms with Crippen LogP contribution in [-0.2, 0) is 0 Å². The Labute approximate surface area is 170 Å². The number of hydrogen-bond acceptors (Lipinski definition) is 1. The van der Waals surface area contributed by atoms with E-state index in [-0.39, 0.29) is 6.04 Å². The van der Waals surface area contributed by atoms with Gasteiger partial charge in [-0.3, -0.25) is 4.99 Å². The quantitative estimate of drug-likeness (QED) is 0.524. The summed E-state index contributed by atoms with van der Waals surface area (Å²) in [5.41, 5.74) is 5.46. The van der Waals surface area contributed by atoms with E-state index in [1.54, 1.807) is 0 Å². The second-order valence-electron chi connectivity index (χ2n) is 8.48. The number of amidine groups is 1. The Morgan fingerprint density at radius 1 is 0.679 bits per heavy atom. The minimum Gasteiger partial charge on any atom is -0.363 e. The zero-order valence-electron chi connectivity index (χ0n) is 17.4. The highest BCUT2D eigenvalue weighted by molar-refractivity contribution is 5.85. The van der Waals surface area contributed by atoms with Crippen molar-refractivity contribution < 1.29 is 0 Å². The summed E-state index contributed by atoms with van der Waals surface area (Å²) in [7, 11) is 2.26. The van der Waals surface area contributed by atoms with Gasteiger partial charge < -0.3 is 4.90 Å². The normalized spacial score (nSPS) is 20.8. The summed E-state index contributed by atoms with van der Waals surface area (Å²) >= 11 is 0. The molecule has 0 bridgehead atoms. The van der Waals surface area contributed by atoms with Crippen molar-refractivity contribution in [3.63, 3.8) is 0 Å². The fraction of sp³-hybridized carbons (Fsp3) is 0.500. The molecule has 1 saturated heterocycles. The van der Waals surface area contributed by atoms with Crippen molar-refractivity contribution in [2.45, 2.75) is 70.3 Å². The number of hydrogen-bond donors (Lipinski definition) is 0. The lowest BCUT2D eigenvalue weighted by atomic mass is 10.1. The molecule has 0 atom stereocenters. The minimum atomic E-state index is 0.153. The van der Waals surface area contributed by atoms with Gasteiger partial charge in [0, 0.05) is 20.0 Å². The monoisotopic (exact) mass is 374 g/mol. The van der Waals surface area contributed by atoms with Crippen molar-refractivity contribution in [3.8, 4) is 11.1 Å². The zero-order chi connectivity index (χ0) is 19.2. The van der Waals surface area contributed by atoms with Crippen molar-refractivity contribution in [2.75, 3.05) is 13.6 Å². The molecule has 2 heteroatoms. The molecule has 0 saturated carbocycles. The van der Waals surface area contributed by atoms with Crippen LogP contribution in [0.2, 0.25) is 0 Å². The molecule has 1 fully saturated rings. The van der Waals surface area contributed by atoms with E-state index in [2.05, 4.69) is 60.5 Å². The fourth-order valence-corrected chi connectivity index (χ4v) is 4.77. The third kappa shape index (κ3) is 4.32. The largest absolute Gasteiger partial charge is 0.363 e. The highest BCUT2D eigenvalue weighted by Crippen LogP contribution is 2.45. The molecule has 0 unspecified atom stereocenters. The maximum absolute atomic E-state index is 5.39. The average molecular weight is 375 g/mol. The Kier molecular flexibility index (Phi) is 6.46. The average Bonchev–Trinajstić information content (AvgIpc) is 3.05.